The van der Waals surface area contributed by atoms with Crippen LogP contribution < -0.4 is 15.5 Å². The zero-order valence-electron chi connectivity index (χ0n) is 15.1. The number of nitrogens with zero attached hydrogens (tertiary/aromatic N) is 2. The normalized spacial score (nSPS) is 15.5. The van der Waals surface area contributed by atoms with Crippen molar-refractivity contribution in [3.05, 3.63) is 30.3 Å². The predicted octanol–water partition coefficient (Wildman–Crippen LogP) is 4.02. The monoisotopic (exact) mass is 444 g/mol. The first kappa shape index (κ1) is 21.1. The Kier molecular flexibility index (Phi) is 10.9. The Morgan fingerprint density at radius 2 is 1.83 bits per heavy atom. The molecule has 0 bridgehead atoms. The minimum Gasteiger partial charge on any atom is -0.375 e. The molecule has 1 saturated carbocycles. The Labute approximate surface area is 164 Å². The number of hydrogen-bond acceptors (Lipinski definition) is 2. The molecule has 0 unspecified atom stereocenters. The maximum absolute atomic E-state index is 4.35. The lowest BCUT2D eigenvalue weighted by Crippen LogP contribution is -2.44. The summed E-state index contributed by atoms with van der Waals surface area (Å²) in [5, 5.41) is 7.01. The van der Waals surface area contributed by atoms with Gasteiger partial charge in [0.15, 0.2) is 5.96 Å². The number of nitrogens with one attached hydrogen (secondary N) is 2. The van der Waals surface area contributed by atoms with E-state index < -0.39 is 0 Å². The minimum atomic E-state index is 0. The van der Waals surface area contributed by atoms with Gasteiger partial charge in [0.25, 0.3) is 0 Å². The number of anilines is 1. The lowest BCUT2D eigenvalue weighted by molar-refractivity contribution is 0.410. The first-order valence-electron chi connectivity index (χ1n) is 9.03. The highest BCUT2D eigenvalue weighted by Gasteiger charge is 2.14. The average molecular weight is 444 g/mol. The van der Waals surface area contributed by atoms with Crippen LogP contribution in [-0.4, -0.2) is 39.2 Å². The average Bonchev–Trinajstić information content (AvgIpc) is 2.62. The van der Waals surface area contributed by atoms with Gasteiger partial charge < -0.3 is 15.5 Å². The van der Waals surface area contributed by atoms with Gasteiger partial charge in [0.05, 0.1) is 0 Å². The third kappa shape index (κ3) is 7.73. The molecule has 1 aromatic carbocycles. The summed E-state index contributed by atoms with van der Waals surface area (Å²) in [6.45, 7) is 2.06. The fraction of sp³-hybridized carbons (Fsp3) is 0.632. The molecule has 136 valence electrons. The smallest absolute Gasteiger partial charge is 0.191 e. The van der Waals surface area contributed by atoms with Gasteiger partial charge in [0.1, 0.15) is 0 Å². The van der Waals surface area contributed by atoms with E-state index in [2.05, 4.69) is 57.9 Å². The molecule has 1 fully saturated rings. The van der Waals surface area contributed by atoms with Gasteiger partial charge in [0.2, 0.25) is 0 Å². The summed E-state index contributed by atoms with van der Waals surface area (Å²) >= 11 is 0. The topological polar surface area (TPSA) is 39.7 Å². The van der Waals surface area contributed by atoms with Crippen LogP contribution >= 0.6 is 24.0 Å². The molecule has 2 rings (SSSR count). The maximum Gasteiger partial charge on any atom is 0.191 e. The Hall–Kier alpha value is -0.980. The standard InChI is InChI=1S/C19H32N4.HI/c1-20-19(22-17-11-5-3-6-12-17)21-15-9-10-16-23(2)18-13-7-4-8-14-18;/h4,7-8,13-14,17H,3,5-6,9-12,15-16H2,1-2H3,(H2,20,21,22);1H. The van der Waals surface area contributed by atoms with Crippen molar-refractivity contribution in [2.45, 2.75) is 51.0 Å². The highest BCUT2D eigenvalue weighted by atomic mass is 127. The molecular formula is C19H33IN4. The van der Waals surface area contributed by atoms with E-state index in [1.54, 1.807) is 0 Å². The number of hydrogen-bond donors (Lipinski definition) is 2. The first-order valence-corrected chi connectivity index (χ1v) is 9.03. The second-order valence-corrected chi connectivity index (χ2v) is 6.44. The molecule has 1 aliphatic rings. The Balaban J connectivity index is 0.00000288. The highest BCUT2D eigenvalue weighted by Crippen LogP contribution is 2.17. The van der Waals surface area contributed by atoms with Gasteiger partial charge in [-0.15, -0.1) is 24.0 Å². The SMILES string of the molecule is CN=C(NCCCCN(C)c1ccccc1)NC1CCCCC1.I. The Bertz CT molecular complexity index is 458. The van der Waals surface area contributed by atoms with Crippen LogP contribution in [0.3, 0.4) is 0 Å². The van der Waals surface area contributed by atoms with E-state index >= 15 is 0 Å². The fourth-order valence-corrected chi connectivity index (χ4v) is 3.13. The molecular weight excluding hydrogens is 411 g/mol. The van der Waals surface area contributed by atoms with Crippen molar-refractivity contribution in [1.82, 2.24) is 10.6 Å². The van der Waals surface area contributed by atoms with E-state index in [1.165, 1.54) is 44.2 Å². The third-order valence-corrected chi connectivity index (χ3v) is 4.58. The quantitative estimate of drug-likeness (QED) is 0.289. The van der Waals surface area contributed by atoms with E-state index in [0.29, 0.717) is 6.04 Å². The molecule has 0 heterocycles. The van der Waals surface area contributed by atoms with Crippen LogP contribution in [0.15, 0.2) is 35.3 Å². The summed E-state index contributed by atoms with van der Waals surface area (Å²) in [5.74, 6) is 0.966. The molecule has 0 aliphatic heterocycles. The molecule has 0 atom stereocenters. The second-order valence-electron chi connectivity index (χ2n) is 6.44. The molecule has 0 saturated heterocycles. The number of halogens is 1. The van der Waals surface area contributed by atoms with Crippen molar-refractivity contribution < 1.29 is 0 Å². The van der Waals surface area contributed by atoms with Crippen molar-refractivity contribution in [2.75, 3.05) is 32.1 Å². The molecule has 5 heteroatoms. The second kappa shape index (κ2) is 12.4. The van der Waals surface area contributed by atoms with Crippen molar-refractivity contribution in [3.8, 4) is 0 Å². The third-order valence-electron chi connectivity index (χ3n) is 4.58. The Morgan fingerprint density at radius 3 is 2.50 bits per heavy atom. The Morgan fingerprint density at radius 1 is 1.12 bits per heavy atom. The van der Waals surface area contributed by atoms with Crippen LogP contribution in [0.1, 0.15) is 44.9 Å². The lowest BCUT2D eigenvalue weighted by atomic mass is 9.96. The summed E-state index contributed by atoms with van der Waals surface area (Å²) in [4.78, 5) is 6.66. The van der Waals surface area contributed by atoms with Crippen LogP contribution in [0.2, 0.25) is 0 Å². The van der Waals surface area contributed by atoms with Crippen molar-refractivity contribution in [1.29, 1.82) is 0 Å². The number of unbranched alkanes of at least 4 members (excludes halogenated alkanes) is 1. The molecule has 2 N–H and O–H groups in total. The summed E-state index contributed by atoms with van der Waals surface area (Å²) < 4.78 is 0. The molecule has 1 aromatic rings. The van der Waals surface area contributed by atoms with Gasteiger partial charge in [-0.2, -0.15) is 0 Å². The van der Waals surface area contributed by atoms with Gasteiger partial charge in [-0.05, 0) is 37.8 Å². The summed E-state index contributed by atoms with van der Waals surface area (Å²) in [5.41, 5.74) is 1.29. The lowest BCUT2D eigenvalue weighted by Gasteiger charge is -2.25. The van der Waals surface area contributed by atoms with Crippen molar-refractivity contribution in [3.63, 3.8) is 0 Å². The minimum absolute atomic E-state index is 0. The molecule has 4 nitrogen and oxygen atoms in total. The van der Waals surface area contributed by atoms with Gasteiger partial charge in [-0.3, -0.25) is 4.99 Å². The van der Waals surface area contributed by atoms with E-state index in [4.69, 9.17) is 0 Å². The van der Waals surface area contributed by atoms with Crippen LogP contribution in [-0.2, 0) is 0 Å². The largest absolute Gasteiger partial charge is 0.375 e. The number of guanidine groups is 1. The molecule has 0 spiro atoms. The van der Waals surface area contributed by atoms with Crippen LogP contribution in [0.5, 0.6) is 0 Å². The van der Waals surface area contributed by atoms with E-state index in [9.17, 15) is 0 Å². The molecule has 24 heavy (non-hydrogen) atoms. The van der Waals surface area contributed by atoms with Gasteiger partial charge in [-0.25, -0.2) is 0 Å². The van der Waals surface area contributed by atoms with Gasteiger partial charge in [-0.1, -0.05) is 37.5 Å². The van der Waals surface area contributed by atoms with Crippen LogP contribution in [0, 0.1) is 0 Å². The summed E-state index contributed by atoms with van der Waals surface area (Å²) in [7, 11) is 4.02. The van der Waals surface area contributed by atoms with Gasteiger partial charge in [0, 0.05) is 38.9 Å². The van der Waals surface area contributed by atoms with E-state index in [1.807, 2.05) is 7.05 Å². The van der Waals surface area contributed by atoms with E-state index in [0.717, 1.165) is 25.5 Å². The van der Waals surface area contributed by atoms with Gasteiger partial charge >= 0.3 is 0 Å². The zero-order valence-corrected chi connectivity index (χ0v) is 17.5. The first-order chi connectivity index (χ1) is 11.3. The van der Waals surface area contributed by atoms with Crippen molar-refractivity contribution in [2.24, 2.45) is 4.99 Å². The van der Waals surface area contributed by atoms with Crippen molar-refractivity contribution >= 4 is 35.6 Å². The molecule has 0 radical (unpaired) electrons. The molecule has 0 aromatic heterocycles. The number of para-hydroxylation sites is 1. The summed E-state index contributed by atoms with van der Waals surface area (Å²) in [6, 6.07) is 11.2. The highest BCUT2D eigenvalue weighted by molar-refractivity contribution is 14.0. The molecule has 0 amide bonds. The number of aliphatic imine (C=N–C) groups is 1. The number of rotatable bonds is 7. The fourth-order valence-electron chi connectivity index (χ4n) is 3.13. The molecule has 1 aliphatic carbocycles. The summed E-state index contributed by atoms with van der Waals surface area (Å²) in [6.07, 6.45) is 8.98. The predicted molar refractivity (Wildman–Crippen MR) is 116 cm³/mol. The number of benzene rings is 1. The van der Waals surface area contributed by atoms with E-state index in [-0.39, 0.29) is 24.0 Å². The van der Waals surface area contributed by atoms with Crippen LogP contribution in [0.4, 0.5) is 5.69 Å². The maximum atomic E-state index is 4.35. The van der Waals surface area contributed by atoms with Crippen LogP contribution in [0.25, 0.3) is 0 Å². The zero-order chi connectivity index (χ0) is 16.3.